The average molecular weight is 529 g/mol. The highest BCUT2D eigenvalue weighted by Gasteiger charge is 2.32. The van der Waals surface area contributed by atoms with Gasteiger partial charge in [0, 0.05) is 19.0 Å². The summed E-state index contributed by atoms with van der Waals surface area (Å²) in [5, 5.41) is 3.27. The number of benzene rings is 3. The Morgan fingerprint density at radius 1 is 0.872 bits per heavy atom. The molecule has 206 valence electrons. The first kappa shape index (κ1) is 28.2. The number of nitrogens with one attached hydrogen (secondary N) is 1. The van der Waals surface area contributed by atoms with Crippen molar-refractivity contribution in [2.75, 3.05) is 13.7 Å². The van der Waals surface area contributed by atoms with Crippen LogP contribution in [-0.4, -0.2) is 42.5 Å². The summed E-state index contributed by atoms with van der Waals surface area (Å²) in [5.74, 6) is 0.984. The fraction of sp³-hybridized carbons (Fsp3) is 0.394. The molecule has 0 saturated heterocycles. The average Bonchev–Trinajstić information content (AvgIpc) is 2.99. The topological polar surface area (TPSA) is 67.9 Å². The summed E-state index contributed by atoms with van der Waals surface area (Å²) in [6.45, 7) is 2.21. The standard InChI is InChI=1S/C33H40N2O4/c1-3-25-17-19-29(20-18-25)39-24-32(36)35(23-27-13-10-16-30(21-27)38-2)31(22-26-11-6-4-7-12-26)33(37)34-28-14-8-5-9-15-28/h4,6-7,10-13,16-21,28,31H,3,5,8-9,14-15,22-24H2,1-2H3,(H,34,37)/t31-/m1/s1. The fourth-order valence-electron chi connectivity index (χ4n) is 5.12. The van der Waals surface area contributed by atoms with Crippen molar-refractivity contribution < 1.29 is 19.1 Å². The first-order valence-electron chi connectivity index (χ1n) is 14.0. The van der Waals surface area contributed by atoms with Crippen LogP contribution in [0.2, 0.25) is 0 Å². The quantitative estimate of drug-likeness (QED) is 0.326. The second kappa shape index (κ2) is 14.4. The number of aryl methyl sites for hydroxylation is 1. The van der Waals surface area contributed by atoms with E-state index in [1.165, 1.54) is 12.0 Å². The lowest BCUT2D eigenvalue weighted by Gasteiger charge is -2.33. The molecule has 39 heavy (non-hydrogen) atoms. The summed E-state index contributed by atoms with van der Waals surface area (Å²) < 4.78 is 11.3. The van der Waals surface area contributed by atoms with Crippen LogP contribution in [0.15, 0.2) is 78.9 Å². The van der Waals surface area contributed by atoms with Crippen LogP contribution in [0.25, 0.3) is 0 Å². The zero-order valence-corrected chi connectivity index (χ0v) is 23.1. The molecule has 1 N–H and O–H groups in total. The summed E-state index contributed by atoms with van der Waals surface area (Å²) in [7, 11) is 1.62. The normalized spacial score (nSPS) is 14.3. The first-order valence-corrected chi connectivity index (χ1v) is 14.0. The predicted molar refractivity (Wildman–Crippen MR) is 154 cm³/mol. The first-order chi connectivity index (χ1) is 19.1. The molecule has 1 atom stereocenters. The van der Waals surface area contributed by atoms with E-state index in [1.807, 2.05) is 78.9 Å². The van der Waals surface area contributed by atoms with Crippen LogP contribution >= 0.6 is 0 Å². The van der Waals surface area contributed by atoms with Gasteiger partial charge in [-0.25, -0.2) is 0 Å². The lowest BCUT2D eigenvalue weighted by molar-refractivity contribution is -0.143. The second-order valence-corrected chi connectivity index (χ2v) is 10.2. The van der Waals surface area contributed by atoms with Crippen LogP contribution in [0.5, 0.6) is 11.5 Å². The number of hydrogen-bond donors (Lipinski definition) is 1. The third-order valence-corrected chi connectivity index (χ3v) is 7.40. The number of carbonyl (C=O) groups excluding carboxylic acids is 2. The molecule has 0 unspecified atom stereocenters. The van der Waals surface area contributed by atoms with Gasteiger partial charge in [-0.3, -0.25) is 9.59 Å². The van der Waals surface area contributed by atoms with Gasteiger partial charge in [0.25, 0.3) is 5.91 Å². The van der Waals surface area contributed by atoms with Crippen LogP contribution < -0.4 is 14.8 Å². The van der Waals surface area contributed by atoms with E-state index in [4.69, 9.17) is 9.47 Å². The third kappa shape index (κ3) is 8.34. The summed E-state index contributed by atoms with van der Waals surface area (Å²) in [6, 6.07) is 24.7. The summed E-state index contributed by atoms with van der Waals surface area (Å²) in [6.07, 6.45) is 6.74. The Bertz CT molecular complexity index is 1190. The van der Waals surface area contributed by atoms with Gasteiger partial charge in [-0.1, -0.05) is 80.8 Å². The van der Waals surface area contributed by atoms with Crippen molar-refractivity contribution in [1.82, 2.24) is 10.2 Å². The highest BCUT2D eigenvalue weighted by atomic mass is 16.5. The zero-order chi connectivity index (χ0) is 27.5. The molecule has 6 heteroatoms. The molecule has 0 aliphatic heterocycles. The van der Waals surface area contributed by atoms with Crippen LogP contribution in [0.3, 0.4) is 0 Å². The zero-order valence-electron chi connectivity index (χ0n) is 23.1. The van der Waals surface area contributed by atoms with Crippen molar-refractivity contribution in [3.63, 3.8) is 0 Å². The SMILES string of the molecule is CCc1ccc(OCC(=O)N(Cc2cccc(OC)c2)[C@H](Cc2ccccc2)C(=O)NC2CCCCC2)cc1. The molecule has 6 nitrogen and oxygen atoms in total. The number of amides is 2. The minimum absolute atomic E-state index is 0.116. The van der Waals surface area contributed by atoms with Crippen LogP contribution in [0.1, 0.15) is 55.7 Å². The maximum absolute atomic E-state index is 13.8. The fourth-order valence-corrected chi connectivity index (χ4v) is 5.12. The smallest absolute Gasteiger partial charge is 0.261 e. The molecular formula is C33H40N2O4. The van der Waals surface area contributed by atoms with Crippen LogP contribution in [-0.2, 0) is 29.0 Å². The molecule has 0 heterocycles. The Hall–Kier alpha value is -3.80. The largest absolute Gasteiger partial charge is 0.497 e. The molecule has 0 radical (unpaired) electrons. The Labute approximate surface area is 232 Å². The second-order valence-electron chi connectivity index (χ2n) is 10.2. The molecule has 1 aliphatic rings. The van der Waals surface area contributed by atoms with Gasteiger partial charge in [0.1, 0.15) is 17.5 Å². The van der Waals surface area contributed by atoms with E-state index < -0.39 is 6.04 Å². The number of carbonyl (C=O) groups is 2. The molecule has 0 spiro atoms. The van der Waals surface area contributed by atoms with Crippen molar-refractivity contribution in [2.24, 2.45) is 0 Å². The van der Waals surface area contributed by atoms with Gasteiger partial charge < -0.3 is 19.7 Å². The number of hydrogen-bond acceptors (Lipinski definition) is 4. The van der Waals surface area contributed by atoms with Crippen molar-refractivity contribution in [2.45, 2.75) is 70.5 Å². The molecule has 3 aromatic rings. The molecule has 1 aliphatic carbocycles. The van der Waals surface area contributed by atoms with Crippen molar-refractivity contribution in [3.05, 3.63) is 95.6 Å². The lowest BCUT2D eigenvalue weighted by Crippen LogP contribution is -2.53. The van der Waals surface area contributed by atoms with E-state index in [-0.39, 0.29) is 31.0 Å². The van der Waals surface area contributed by atoms with E-state index >= 15 is 0 Å². The molecule has 2 amide bonds. The Morgan fingerprint density at radius 2 is 1.59 bits per heavy atom. The number of rotatable bonds is 12. The van der Waals surface area contributed by atoms with Gasteiger partial charge in [0.15, 0.2) is 6.61 Å². The molecule has 1 fully saturated rings. The van der Waals surface area contributed by atoms with Gasteiger partial charge in [0.05, 0.1) is 7.11 Å². The molecule has 3 aromatic carbocycles. The van der Waals surface area contributed by atoms with Gasteiger partial charge >= 0.3 is 0 Å². The maximum atomic E-state index is 13.8. The van der Waals surface area contributed by atoms with Crippen molar-refractivity contribution >= 4 is 11.8 Å². The molecule has 0 aromatic heterocycles. The van der Waals surface area contributed by atoms with Crippen LogP contribution in [0.4, 0.5) is 0 Å². The van der Waals surface area contributed by atoms with Gasteiger partial charge in [-0.2, -0.15) is 0 Å². The highest BCUT2D eigenvalue weighted by molar-refractivity contribution is 5.88. The Kier molecular flexibility index (Phi) is 10.4. The maximum Gasteiger partial charge on any atom is 0.261 e. The Morgan fingerprint density at radius 3 is 2.28 bits per heavy atom. The number of ether oxygens (including phenoxy) is 2. The third-order valence-electron chi connectivity index (χ3n) is 7.40. The lowest BCUT2D eigenvalue weighted by atomic mass is 9.94. The van der Waals surface area contributed by atoms with Gasteiger partial charge in [0.2, 0.25) is 5.91 Å². The number of methoxy groups -OCH3 is 1. The van der Waals surface area contributed by atoms with Gasteiger partial charge in [-0.15, -0.1) is 0 Å². The minimum Gasteiger partial charge on any atom is -0.497 e. The van der Waals surface area contributed by atoms with E-state index in [0.29, 0.717) is 17.9 Å². The van der Waals surface area contributed by atoms with E-state index in [0.717, 1.165) is 43.2 Å². The van der Waals surface area contributed by atoms with Gasteiger partial charge in [-0.05, 0) is 60.2 Å². The Balaban J connectivity index is 1.60. The van der Waals surface area contributed by atoms with E-state index in [9.17, 15) is 9.59 Å². The van der Waals surface area contributed by atoms with E-state index in [2.05, 4.69) is 12.2 Å². The molecule has 1 saturated carbocycles. The monoisotopic (exact) mass is 528 g/mol. The predicted octanol–water partition coefficient (Wildman–Crippen LogP) is 5.73. The molecule has 0 bridgehead atoms. The molecule has 4 rings (SSSR count). The summed E-state index contributed by atoms with van der Waals surface area (Å²) >= 11 is 0. The summed E-state index contributed by atoms with van der Waals surface area (Å²) in [5.41, 5.74) is 3.09. The highest BCUT2D eigenvalue weighted by Crippen LogP contribution is 2.21. The van der Waals surface area contributed by atoms with Crippen LogP contribution in [0, 0.1) is 0 Å². The molecular weight excluding hydrogens is 488 g/mol. The number of nitrogens with zero attached hydrogens (tertiary/aromatic N) is 1. The van der Waals surface area contributed by atoms with Crippen molar-refractivity contribution in [1.29, 1.82) is 0 Å². The summed E-state index contributed by atoms with van der Waals surface area (Å²) in [4.78, 5) is 29.3. The van der Waals surface area contributed by atoms with E-state index in [1.54, 1.807) is 12.0 Å². The van der Waals surface area contributed by atoms with Crippen molar-refractivity contribution in [3.8, 4) is 11.5 Å². The minimum atomic E-state index is -0.681.